The summed E-state index contributed by atoms with van der Waals surface area (Å²) in [5, 5.41) is 0. The first kappa shape index (κ1) is 65.1. The Bertz CT molecular complexity index is 4070. The lowest BCUT2D eigenvalue weighted by Gasteiger charge is -2.49. The van der Waals surface area contributed by atoms with Gasteiger partial charge in [-0.05, 0) is 225 Å². The monoisotopic (exact) mass is 1240 g/mol. The van der Waals surface area contributed by atoms with Crippen LogP contribution in [0.25, 0.3) is 22.3 Å². The molecule has 9 aromatic rings. The minimum atomic E-state index is -0.0173. The van der Waals surface area contributed by atoms with E-state index in [-0.39, 0.29) is 50.0 Å². The van der Waals surface area contributed by atoms with Gasteiger partial charge >= 0.3 is 0 Å². The predicted octanol–water partition coefficient (Wildman–Crippen LogP) is 22.3. The molecule has 2 aliphatic heterocycles. The summed E-state index contributed by atoms with van der Waals surface area (Å²) in [5.41, 5.74) is 32.5. The summed E-state index contributed by atoms with van der Waals surface area (Å²) in [4.78, 5) is 8.24. The first-order valence-corrected chi connectivity index (χ1v) is 35.6. The second kappa shape index (κ2) is 23.1. The minimum Gasteiger partial charge on any atom is -0.342 e. The summed E-state index contributed by atoms with van der Waals surface area (Å²) in [7, 11) is 0. The Morgan fingerprint density at radius 2 is 0.660 bits per heavy atom. The molecule has 13 rings (SSSR count). The predicted molar refractivity (Wildman–Crippen MR) is 409 cm³/mol. The minimum absolute atomic E-state index is 0.000561. The SMILES string of the molecule is CC(C)(C)c1ccc(N(c2ccc(C(C)(C)C)cc2)c2cc3c4c(c2)N(CCc2ccc(C(C)(C)C)cc2-c2ccccc2)c2cc5c(cc2B4c2cc4c(cc2N3CCc2ccc(C(C)(C)C)cc2-c2ccccc2)C(C)(C)CCC4(C)C)C(C)(C)CCC5(C)C)cc1. The second-order valence-electron chi connectivity index (χ2n) is 35.5. The molecule has 0 aromatic heterocycles. The number of fused-ring (bicyclic) bond motifs is 6. The Balaban J connectivity index is 1.13. The summed E-state index contributed by atoms with van der Waals surface area (Å²) >= 11 is 0. The van der Waals surface area contributed by atoms with Crippen molar-refractivity contribution in [2.75, 3.05) is 27.8 Å². The topological polar surface area (TPSA) is 9.72 Å². The maximum absolute atomic E-state index is 2.83. The van der Waals surface area contributed by atoms with E-state index in [9.17, 15) is 0 Å². The average molecular weight is 1240 g/mol. The molecule has 4 aliphatic rings. The van der Waals surface area contributed by atoms with Crippen LogP contribution < -0.4 is 31.1 Å². The molecule has 0 saturated carbocycles. The van der Waals surface area contributed by atoms with E-state index in [1.165, 1.54) is 123 Å². The Hall–Kier alpha value is -7.56. The lowest BCUT2D eigenvalue weighted by atomic mass is 9.32. The molecule has 2 aliphatic carbocycles. The quantitative estimate of drug-likeness (QED) is 0.120. The first-order chi connectivity index (χ1) is 44.1. The van der Waals surface area contributed by atoms with Crippen molar-refractivity contribution in [3.05, 3.63) is 238 Å². The number of hydrogen-bond acceptors (Lipinski definition) is 3. The third kappa shape index (κ3) is 11.9. The molecule has 0 spiro atoms. The summed E-state index contributed by atoms with van der Waals surface area (Å²) in [5.74, 6) is 0. The van der Waals surface area contributed by atoms with Gasteiger partial charge in [-0.25, -0.2) is 0 Å². The van der Waals surface area contributed by atoms with Crippen molar-refractivity contribution in [1.29, 1.82) is 0 Å². The van der Waals surface area contributed by atoms with Gasteiger partial charge in [-0.15, -0.1) is 0 Å². The van der Waals surface area contributed by atoms with E-state index >= 15 is 0 Å². The van der Waals surface area contributed by atoms with Gasteiger partial charge in [0.25, 0.3) is 6.71 Å². The third-order valence-electron chi connectivity index (χ3n) is 22.8. The maximum Gasteiger partial charge on any atom is 0.252 e. The number of rotatable bonds is 11. The molecule has 3 nitrogen and oxygen atoms in total. The van der Waals surface area contributed by atoms with Gasteiger partial charge < -0.3 is 14.7 Å². The summed E-state index contributed by atoms with van der Waals surface area (Å²) in [6, 6.07) is 72.4. The molecule has 94 heavy (non-hydrogen) atoms. The van der Waals surface area contributed by atoms with Crippen LogP contribution in [0.2, 0.25) is 0 Å². The molecule has 0 unspecified atom stereocenters. The second-order valence-corrected chi connectivity index (χ2v) is 35.5. The van der Waals surface area contributed by atoms with Gasteiger partial charge in [0, 0.05) is 47.2 Å². The molecular formula is C90H106BN3. The summed E-state index contributed by atoms with van der Waals surface area (Å²) in [6.07, 6.45) is 6.34. The molecule has 0 radical (unpaired) electrons. The van der Waals surface area contributed by atoms with Crippen LogP contribution in [0.15, 0.2) is 182 Å². The Morgan fingerprint density at radius 3 is 0.989 bits per heavy atom. The van der Waals surface area contributed by atoms with Crippen LogP contribution in [0.5, 0.6) is 0 Å². The molecule has 4 heteroatoms. The molecule has 484 valence electrons. The van der Waals surface area contributed by atoms with E-state index in [0.717, 1.165) is 63.0 Å². The number of benzene rings is 9. The van der Waals surface area contributed by atoms with Crippen LogP contribution in [0, 0.1) is 0 Å². The number of hydrogen-bond donors (Lipinski definition) is 0. The average Bonchev–Trinajstić information content (AvgIpc) is 0.689. The van der Waals surface area contributed by atoms with E-state index in [1.807, 2.05) is 0 Å². The smallest absolute Gasteiger partial charge is 0.252 e. The van der Waals surface area contributed by atoms with Crippen LogP contribution in [-0.4, -0.2) is 19.8 Å². The van der Waals surface area contributed by atoms with Crippen molar-refractivity contribution >= 4 is 62.9 Å². The molecule has 0 amide bonds. The van der Waals surface area contributed by atoms with Crippen molar-refractivity contribution in [3.63, 3.8) is 0 Å². The van der Waals surface area contributed by atoms with Crippen LogP contribution in [0.4, 0.5) is 39.8 Å². The van der Waals surface area contributed by atoms with E-state index in [2.05, 4.69) is 335 Å². The van der Waals surface area contributed by atoms with Gasteiger partial charge in [0.2, 0.25) is 0 Å². The zero-order chi connectivity index (χ0) is 67.0. The molecule has 2 heterocycles. The zero-order valence-electron chi connectivity index (χ0n) is 60.9. The van der Waals surface area contributed by atoms with Crippen molar-refractivity contribution in [1.82, 2.24) is 0 Å². The van der Waals surface area contributed by atoms with Gasteiger partial charge in [0.15, 0.2) is 0 Å². The van der Waals surface area contributed by atoms with Crippen LogP contribution >= 0.6 is 0 Å². The van der Waals surface area contributed by atoms with Gasteiger partial charge in [0.1, 0.15) is 0 Å². The molecule has 0 atom stereocenters. The molecule has 9 aromatic carbocycles. The van der Waals surface area contributed by atoms with Crippen LogP contribution in [-0.2, 0) is 56.2 Å². The summed E-state index contributed by atoms with van der Waals surface area (Å²) in [6.45, 7) is 49.8. The van der Waals surface area contributed by atoms with Crippen LogP contribution in [0.3, 0.4) is 0 Å². The van der Waals surface area contributed by atoms with E-state index in [4.69, 9.17) is 0 Å². The van der Waals surface area contributed by atoms with Gasteiger partial charge in [0.05, 0.1) is 5.69 Å². The van der Waals surface area contributed by atoms with Gasteiger partial charge in [-0.3, -0.25) is 0 Å². The van der Waals surface area contributed by atoms with Gasteiger partial charge in [-0.2, -0.15) is 0 Å². The highest BCUT2D eigenvalue weighted by Crippen LogP contribution is 2.53. The molecule has 0 fully saturated rings. The highest BCUT2D eigenvalue weighted by atomic mass is 15.2. The van der Waals surface area contributed by atoms with Crippen molar-refractivity contribution in [2.24, 2.45) is 0 Å². The Kier molecular flexibility index (Phi) is 16.0. The molecule has 0 N–H and O–H groups in total. The summed E-state index contributed by atoms with van der Waals surface area (Å²) < 4.78 is 0. The highest BCUT2D eigenvalue weighted by Gasteiger charge is 2.48. The number of nitrogens with zero attached hydrogens (tertiary/aromatic N) is 3. The lowest BCUT2D eigenvalue weighted by Crippen LogP contribution is -2.63. The lowest BCUT2D eigenvalue weighted by molar-refractivity contribution is 0.332. The van der Waals surface area contributed by atoms with E-state index < -0.39 is 0 Å². The van der Waals surface area contributed by atoms with Crippen molar-refractivity contribution in [3.8, 4) is 22.3 Å². The normalized spacial score (nSPS) is 16.8. The number of anilines is 7. The first-order valence-electron chi connectivity index (χ1n) is 35.6. The molecule has 0 bridgehead atoms. The van der Waals surface area contributed by atoms with E-state index in [0.29, 0.717) is 0 Å². The Labute approximate surface area is 567 Å². The fourth-order valence-electron chi connectivity index (χ4n) is 16.3. The van der Waals surface area contributed by atoms with E-state index in [1.54, 1.807) is 0 Å². The van der Waals surface area contributed by atoms with Crippen molar-refractivity contribution in [2.45, 2.75) is 220 Å². The van der Waals surface area contributed by atoms with Crippen molar-refractivity contribution < 1.29 is 0 Å². The van der Waals surface area contributed by atoms with Gasteiger partial charge in [-0.1, -0.05) is 272 Å². The zero-order valence-corrected chi connectivity index (χ0v) is 60.9. The fourth-order valence-corrected chi connectivity index (χ4v) is 16.3. The maximum atomic E-state index is 2.83. The Morgan fingerprint density at radius 1 is 0.340 bits per heavy atom. The molecule has 0 saturated heterocycles. The molecular weight excluding hydrogens is 1130 g/mol. The standard InChI is InChI=1S/C90H106BN3/c1-83(2,3)63-35-39-67(40-36-63)94(68-41-37-64(38-42-68)84(4,5)6)69-53-80-82-81(54-69)93(50-44-62-32-34-66(86(10,11)12)52-71(62)60-29-25-22-26-30-60)79-58-75-73(88(15,16)46-48-90(75,19)20)56-77(79)91(82)76-55-72-74(89(17,18)47-45-87(72,13)14)57-78(76)92(80)49-43-61-31-33-65(85(7,8)9)51-70(61)59-27-23-21-24-28-59/h21-42,51-58H,43-50H2,1-20H3. The van der Waals surface area contributed by atoms with Crippen LogP contribution in [0.1, 0.15) is 220 Å². The largest absolute Gasteiger partial charge is 0.342 e. The fraction of sp³-hybridized carbons (Fsp3) is 0.400. The third-order valence-corrected chi connectivity index (χ3v) is 22.8. The highest BCUT2D eigenvalue weighted by molar-refractivity contribution is 7.00.